The lowest BCUT2D eigenvalue weighted by molar-refractivity contribution is -0.133. The maximum atomic E-state index is 11.6. The van der Waals surface area contributed by atoms with Gasteiger partial charge in [-0.25, -0.2) is 4.79 Å². The van der Waals surface area contributed by atoms with Crippen molar-refractivity contribution in [2.75, 3.05) is 32.9 Å². The molecule has 1 aliphatic heterocycles. The summed E-state index contributed by atoms with van der Waals surface area (Å²) in [5.74, 6) is -1.11. The van der Waals surface area contributed by atoms with Crippen molar-refractivity contribution < 1.29 is 24.2 Å². The molecule has 0 spiro atoms. The van der Waals surface area contributed by atoms with Gasteiger partial charge in [-0.05, 0) is 32.7 Å². The molecule has 1 heterocycles. The van der Waals surface area contributed by atoms with Crippen molar-refractivity contribution in [3.05, 3.63) is 11.6 Å². The molecule has 8 nitrogen and oxygen atoms in total. The number of aliphatic carboxylic acids is 1. The maximum Gasteiger partial charge on any atom is 0.331 e. The van der Waals surface area contributed by atoms with Crippen LogP contribution in [0, 0.1) is 0 Å². The van der Waals surface area contributed by atoms with Gasteiger partial charge in [0.05, 0.1) is 31.4 Å². The molecule has 2 rings (SSSR count). The highest BCUT2D eigenvalue weighted by molar-refractivity contribution is 5.87. The zero-order chi connectivity index (χ0) is 19.1. The highest BCUT2D eigenvalue weighted by Crippen LogP contribution is 2.26. The average Bonchev–Trinajstić information content (AvgIpc) is 2.60. The number of nitrogens with one attached hydrogen (secondary N) is 1. The van der Waals surface area contributed by atoms with Gasteiger partial charge in [0.1, 0.15) is 0 Å². The van der Waals surface area contributed by atoms with Crippen molar-refractivity contribution in [2.45, 2.75) is 57.3 Å². The molecule has 1 saturated heterocycles. The number of carbonyl (C=O) groups excluding carboxylic acids is 1. The van der Waals surface area contributed by atoms with Crippen molar-refractivity contribution >= 4 is 11.9 Å². The van der Waals surface area contributed by atoms with E-state index in [1.54, 1.807) is 6.08 Å². The number of hydrogen-bond donors (Lipinski definition) is 3. The Hall–Kier alpha value is -1.48. The first-order valence-electron chi connectivity index (χ1n) is 9.32. The molecule has 1 fully saturated rings. The highest BCUT2D eigenvalue weighted by Gasteiger charge is 2.38. The molecule has 0 aromatic carbocycles. The van der Waals surface area contributed by atoms with Gasteiger partial charge in [0, 0.05) is 31.7 Å². The fourth-order valence-corrected chi connectivity index (χ4v) is 3.72. The summed E-state index contributed by atoms with van der Waals surface area (Å²) in [6, 6.07) is -0.982. The average molecular weight is 369 g/mol. The van der Waals surface area contributed by atoms with Crippen LogP contribution < -0.4 is 11.1 Å². The van der Waals surface area contributed by atoms with Crippen LogP contribution in [0.1, 0.15) is 33.1 Å². The van der Waals surface area contributed by atoms with E-state index in [1.807, 2.05) is 6.92 Å². The Balaban J connectivity index is 2.08. The Morgan fingerprint density at radius 1 is 1.42 bits per heavy atom. The summed E-state index contributed by atoms with van der Waals surface area (Å²) in [7, 11) is 0. The number of hydrogen-bond acceptors (Lipinski definition) is 6. The second-order valence-electron chi connectivity index (χ2n) is 6.91. The van der Waals surface area contributed by atoms with Gasteiger partial charge in [0.25, 0.3) is 0 Å². The van der Waals surface area contributed by atoms with Gasteiger partial charge in [-0.3, -0.25) is 9.69 Å². The van der Waals surface area contributed by atoms with E-state index in [0.29, 0.717) is 31.9 Å². The van der Waals surface area contributed by atoms with Gasteiger partial charge in [0.2, 0.25) is 5.91 Å². The number of nitrogens with two attached hydrogens (primary N) is 1. The lowest BCUT2D eigenvalue weighted by Crippen LogP contribution is -2.62. The SMILES string of the molecule is CCOCCO[C@H]1CCCN([C@@H]2C=C(C(=O)O)C[C@H](N)[C@@H]2NC(C)=O)C1. The van der Waals surface area contributed by atoms with E-state index in [0.717, 1.165) is 19.4 Å². The van der Waals surface area contributed by atoms with E-state index in [-0.39, 0.29) is 30.5 Å². The van der Waals surface area contributed by atoms with E-state index in [9.17, 15) is 14.7 Å². The molecular weight excluding hydrogens is 338 g/mol. The van der Waals surface area contributed by atoms with Gasteiger partial charge in [-0.2, -0.15) is 0 Å². The van der Waals surface area contributed by atoms with Crippen molar-refractivity contribution in [1.82, 2.24) is 10.2 Å². The predicted octanol–water partition coefficient (Wildman–Crippen LogP) is 0.119. The fraction of sp³-hybridized carbons (Fsp3) is 0.778. The second kappa shape index (κ2) is 10.0. The molecule has 26 heavy (non-hydrogen) atoms. The minimum Gasteiger partial charge on any atom is -0.478 e. The first-order chi connectivity index (χ1) is 12.4. The molecule has 2 aliphatic rings. The van der Waals surface area contributed by atoms with Crippen LogP contribution in [-0.4, -0.2) is 79.0 Å². The van der Waals surface area contributed by atoms with E-state index >= 15 is 0 Å². The van der Waals surface area contributed by atoms with Crippen LogP contribution in [0.25, 0.3) is 0 Å². The normalized spacial score (nSPS) is 29.9. The van der Waals surface area contributed by atoms with Gasteiger partial charge in [-0.15, -0.1) is 0 Å². The highest BCUT2D eigenvalue weighted by atomic mass is 16.5. The summed E-state index contributed by atoms with van der Waals surface area (Å²) in [5.41, 5.74) is 6.52. The minimum absolute atomic E-state index is 0.0713. The molecular formula is C18H31N3O5. The topological polar surface area (TPSA) is 114 Å². The molecule has 0 saturated carbocycles. The Labute approximate surface area is 154 Å². The Morgan fingerprint density at radius 3 is 2.85 bits per heavy atom. The number of carboxylic acids is 1. The first-order valence-corrected chi connectivity index (χ1v) is 9.32. The number of piperidine rings is 1. The summed E-state index contributed by atoms with van der Waals surface area (Å²) >= 11 is 0. The maximum absolute atomic E-state index is 11.6. The molecule has 0 aromatic rings. The zero-order valence-corrected chi connectivity index (χ0v) is 15.6. The quantitative estimate of drug-likeness (QED) is 0.521. The number of carbonyl (C=O) groups is 2. The summed E-state index contributed by atoms with van der Waals surface area (Å²) in [6.45, 7) is 6.69. The molecule has 0 unspecified atom stereocenters. The number of carboxylic acid groups (broad SMARTS) is 1. The molecule has 0 bridgehead atoms. The fourth-order valence-electron chi connectivity index (χ4n) is 3.72. The molecule has 4 atom stereocenters. The Bertz CT molecular complexity index is 525. The van der Waals surface area contributed by atoms with E-state index in [4.69, 9.17) is 15.2 Å². The van der Waals surface area contributed by atoms with Crippen LogP contribution in [-0.2, 0) is 19.1 Å². The van der Waals surface area contributed by atoms with Gasteiger partial charge in [-0.1, -0.05) is 6.08 Å². The molecule has 1 aliphatic carbocycles. The molecule has 0 radical (unpaired) electrons. The smallest absolute Gasteiger partial charge is 0.331 e. The minimum atomic E-state index is -0.951. The number of likely N-dealkylation sites (tertiary alicyclic amines) is 1. The van der Waals surface area contributed by atoms with E-state index < -0.39 is 12.0 Å². The third-order valence-corrected chi connectivity index (χ3v) is 4.92. The number of amides is 1. The summed E-state index contributed by atoms with van der Waals surface area (Å²) in [6.07, 6.45) is 3.98. The van der Waals surface area contributed by atoms with Gasteiger partial charge >= 0.3 is 5.97 Å². The molecule has 148 valence electrons. The standard InChI is InChI=1S/C18H31N3O5/c1-3-25-7-8-26-14-5-4-6-21(11-14)16-10-13(18(23)24)9-15(19)17(16)20-12(2)22/h10,14-17H,3-9,11,19H2,1-2H3,(H,20,22)(H,23,24)/t14-,15-,16+,17-/m0/s1. The zero-order valence-electron chi connectivity index (χ0n) is 15.6. The van der Waals surface area contributed by atoms with Gasteiger partial charge in [0.15, 0.2) is 0 Å². The van der Waals surface area contributed by atoms with Gasteiger partial charge < -0.3 is 25.6 Å². The molecule has 1 amide bonds. The third kappa shape index (κ3) is 5.77. The summed E-state index contributed by atoms with van der Waals surface area (Å²) in [4.78, 5) is 25.2. The molecule has 4 N–H and O–H groups in total. The number of nitrogens with zero attached hydrogens (tertiary/aromatic N) is 1. The van der Waals surface area contributed by atoms with Crippen molar-refractivity contribution in [2.24, 2.45) is 5.73 Å². The second-order valence-corrected chi connectivity index (χ2v) is 6.91. The van der Waals surface area contributed by atoms with Crippen molar-refractivity contribution in [1.29, 1.82) is 0 Å². The predicted molar refractivity (Wildman–Crippen MR) is 96.7 cm³/mol. The summed E-state index contributed by atoms with van der Waals surface area (Å²) < 4.78 is 11.2. The Morgan fingerprint density at radius 2 is 2.19 bits per heavy atom. The summed E-state index contributed by atoms with van der Waals surface area (Å²) in [5, 5.41) is 12.3. The number of rotatable bonds is 8. The van der Waals surface area contributed by atoms with Crippen LogP contribution >= 0.6 is 0 Å². The van der Waals surface area contributed by atoms with Crippen molar-refractivity contribution in [3.63, 3.8) is 0 Å². The van der Waals surface area contributed by atoms with Crippen LogP contribution in [0.15, 0.2) is 11.6 Å². The third-order valence-electron chi connectivity index (χ3n) is 4.92. The molecule has 8 heteroatoms. The van der Waals surface area contributed by atoms with Crippen LogP contribution in [0.3, 0.4) is 0 Å². The van der Waals surface area contributed by atoms with Crippen molar-refractivity contribution in [3.8, 4) is 0 Å². The number of ether oxygens (including phenoxy) is 2. The van der Waals surface area contributed by atoms with Crippen LogP contribution in [0.2, 0.25) is 0 Å². The largest absolute Gasteiger partial charge is 0.478 e. The van der Waals surface area contributed by atoms with Crippen LogP contribution in [0.5, 0.6) is 0 Å². The van der Waals surface area contributed by atoms with Crippen LogP contribution in [0.4, 0.5) is 0 Å². The van der Waals surface area contributed by atoms with E-state index in [2.05, 4.69) is 10.2 Å². The lowest BCUT2D eigenvalue weighted by atomic mass is 9.85. The van der Waals surface area contributed by atoms with E-state index in [1.165, 1.54) is 6.92 Å². The monoisotopic (exact) mass is 369 g/mol. The lowest BCUT2D eigenvalue weighted by Gasteiger charge is -2.44. The first kappa shape index (κ1) is 20.8. The molecule has 0 aromatic heterocycles. The Kier molecular flexibility index (Phi) is 8.02.